The molecule has 0 atom stereocenters. The van der Waals surface area contributed by atoms with Gasteiger partial charge in [-0.25, -0.2) is 0 Å². The number of carbonyl (C=O) groups excluding carboxylic acids is 1. The topological polar surface area (TPSA) is 91.1 Å². The molecule has 2 aliphatic heterocycles. The largest absolute Gasteiger partial charge is 0.497 e. The Morgan fingerprint density at radius 1 is 1.25 bits per heavy atom. The van der Waals surface area contributed by atoms with Crippen LogP contribution in [0.1, 0.15) is 5.56 Å². The van der Waals surface area contributed by atoms with Gasteiger partial charge in [0.2, 0.25) is 6.79 Å². The van der Waals surface area contributed by atoms with Crippen LogP contribution < -0.4 is 19.1 Å². The smallest absolute Gasteiger partial charge is 0.280 e. The van der Waals surface area contributed by atoms with Gasteiger partial charge in [0.25, 0.3) is 11.6 Å². The van der Waals surface area contributed by atoms with E-state index in [1.807, 2.05) is 0 Å². The van der Waals surface area contributed by atoms with Crippen molar-refractivity contribution in [2.24, 2.45) is 0 Å². The number of methoxy groups -OCH3 is 1. The zero-order valence-corrected chi connectivity index (χ0v) is 16.0. The summed E-state index contributed by atoms with van der Waals surface area (Å²) in [5, 5.41) is 11.4. The molecule has 10 heteroatoms. The van der Waals surface area contributed by atoms with Crippen molar-refractivity contribution < 1.29 is 23.9 Å². The Hall–Kier alpha value is -3.11. The normalized spacial score (nSPS) is 16.8. The van der Waals surface area contributed by atoms with E-state index in [9.17, 15) is 14.9 Å². The summed E-state index contributed by atoms with van der Waals surface area (Å²) in [6.07, 6.45) is 1.45. The second-order valence-electron chi connectivity index (χ2n) is 5.74. The molecular formula is C18H12N2O6S2. The van der Waals surface area contributed by atoms with Gasteiger partial charge >= 0.3 is 0 Å². The molecular weight excluding hydrogens is 404 g/mol. The third kappa shape index (κ3) is 3.16. The van der Waals surface area contributed by atoms with Crippen molar-refractivity contribution in [3.63, 3.8) is 0 Å². The predicted molar refractivity (Wildman–Crippen MR) is 108 cm³/mol. The highest BCUT2D eigenvalue weighted by Crippen LogP contribution is 2.41. The van der Waals surface area contributed by atoms with Gasteiger partial charge in [0.1, 0.15) is 5.75 Å². The molecule has 2 heterocycles. The van der Waals surface area contributed by atoms with Gasteiger partial charge < -0.3 is 14.2 Å². The van der Waals surface area contributed by atoms with Crippen LogP contribution >= 0.6 is 24.0 Å². The number of thioether (sulfide) groups is 1. The molecule has 8 nitrogen and oxygen atoms in total. The molecule has 0 aliphatic carbocycles. The molecule has 0 N–H and O–H groups in total. The number of hydrogen-bond donors (Lipinski definition) is 0. The third-order valence-corrected chi connectivity index (χ3v) is 5.43. The highest BCUT2D eigenvalue weighted by atomic mass is 32.2. The summed E-state index contributed by atoms with van der Waals surface area (Å²) in [6.45, 7) is -0.00444. The first-order valence-corrected chi connectivity index (χ1v) is 9.20. The number of nitro groups is 1. The van der Waals surface area contributed by atoms with Crippen LogP contribution in [0.15, 0.2) is 41.3 Å². The summed E-state index contributed by atoms with van der Waals surface area (Å²) >= 11 is 6.41. The quantitative estimate of drug-likeness (QED) is 0.322. The maximum atomic E-state index is 12.9. The molecule has 0 radical (unpaired) electrons. The summed E-state index contributed by atoms with van der Waals surface area (Å²) in [7, 11) is 1.55. The number of rotatable bonds is 4. The fourth-order valence-electron chi connectivity index (χ4n) is 2.78. The van der Waals surface area contributed by atoms with E-state index in [1.54, 1.807) is 31.4 Å². The van der Waals surface area contributed by atoms with Crippen LogP contribution in [-0.2, 0) is 4.79 Å². The lowest BCUT2D eigenvalue weighted by atomic mass is 10.1. The number of hydrogen-bond acceptors (Lipinski definition) is 8. The van der Waals surface area contributed by atoms with Crippen molar-refractivity contribution in [3.8, 4) is 17.2 Å². The van der Waals surface area contributed by atoms with Crippen LogP contribution in [0, 0.1) is 10.1 Å². The first kappa shape index (κ1) is 18.3. The molecule has 28 heavy (non-hydrogen) atoms. The molecule has 2 aliphatic rings. The van der Waals surface area contributed by atoms with Crippen LogP contribution in [0.2, 0.25) is 0 Å². The minimum absolute atomic E-state index is 0.00444. The van der Waals surface area contributed by atoms with E-state index >= 15 is 0 Å². The molecule has 4 rings (SSSR count). The van der Waals surface area contributed by atoms with E-state index in [1.165, 1.54) is 23.1 Å². The summed E-state index contributed by atoms with van der Waals surface area (Å²) in [6, 6.07) is 9.66. The van der Waals surface area contributed by atoms with Crippen molar-refractivity contribution in [1.29, 1.82) is 0 Å². The summed E-state index contributed by atoms with van der Waals surface area (Å²) in [4.78, 5) is 25.4. The number of carbonyl (C=O) groups is 1. The minimum atomic E-state index is -0.530. The van der Waals surface area contributed by atoms with Gasteiger partial charge in [-0.2, -0.15) is 0 Å². The average Bonchev–Trinajstić information content (AvgIpc) is 3.25. The number of benzene rings is 2. The number of anilines is 1. The number of nitrogens with zero attached hydrogens (tertiary/aromatic N) is 2. The second kappa shape index (κ2) is 7.13. The van der Waals surface area contributed by atoms with Gasteiger partial charge in [0, 0.05) is 0 Å². The monoisotopic (exact) mass is 416 g/mol. The van der Waals surface area contributed by atoms with E-state index in [4.69, 9.17) is 26.4 Å². The standard InChI is InChI=1S/C18H12N2O6S2/c1-24-12-4-2-11(3-5-12)19-17(21)16(28-18(19)27)7-10-6-14-15(26-9-25-14)8-13(10)20(22)23/h2-8H,9H2,1H3/b16-7-. The zero-order chi connectivity index (χ0) is 19.8. The summed E-state index contributed by atoms with van der Waals surface area (Å²) in [5.41, 5.74) is 0.648. The SMILES string of the molecule is COc1ccc(N2C(=O)/C(=C/c3cc4c(cc3[N+](=O)[O-])OCO4)SC2=S)cc1. The minimum Gasteiger partial charge on any atom is -0.497 e. The maximum absolute atomic E-state index is 12.9. The van der Waals surface area contributed by atoms with Crippen LogP contribution in [0.3, 0.4) is 0 Å². The summed E-state index contributed by atoms with van der Waals surface area (Å²) < 4.78 is 15.9. The van der Waals surface area contributed by atoms with Gasteiger partial charge in [-0.05, 0) is 36.4 Å². The Labute approximate surface area is 168 Å². The number of fused-ring (bicyclic) bond motifs is 1. The first-order chi connectivity index (χ1) is 13.5. The third-order valence-electron chi connectivity index (χ3n) is 4.13. The Bertz CT molecular complexity index is 1040. The van der Waals surface area contributed by atoms with Crippen molar-refractivity contribution in [2.75, 3.05) is 18.8 Å². The molecule has 142 valence electrons. The Balaban J connectivity index is 1.70. The van der Waals surface area contributed by atoms with Crippen LogP contribution in [0.25, 0.3) is 6.08 Å². The van der Waals surface area contributed by atoms with E-state index < -0.39 is 4.92 Å². The van der Waals surface area contributed by atoms with Crippen molar-refractivity contribution in [2.45, 2.75) is 0 Å². The Kier molecular flexibility index (Phi) is 4.65. The fourth-order valence-corrected chi connectivity index (χ4v) is 4.07. The molecule has 0 aromatic heterocycles. The maximum Gasteiger partial charge on any atom is 0.280 e. The molecule has 1 saturated heterocycles. The Morgan fingerprint density at radius 2 is 1.93 bits per heavy atom. The van der Waals surface area contributed by atoms with Crippen molar-refractivity contribution in [3.05, 3.63) is 57.0 Å². The van der Waals surface area contributed by atoms with Gasteiger partial charge in [-0.15, -0.1) is 0 Å². The first-order valence-electron chi connectivity index (χ1n) is 7.98. The number of amides is 1. The molecule has 0 spiro atoms. The number of ether oxygens (including phenoxy) is 3. The van der Waals surface area contributed by atoms with Gasteiger partial charge in [0.15, 0.2) is 15.8 Å². The predicted octanol–water partition coefficient (Wildman–Crippen LogP) is 3.74. The van der Waals surface area contributed by atoms with Crippen molar-refractivity contribution >= 4 is 51.7 Å². The zero-order valence-electron chi connectivity index (χ0n) is 14.4. The highest BCUT2D eigenvalue weighted by molar-refractivity contribution is 8.27. The van der Waals surface area contributed by atoms with Crippen LogP contribution in [0.4, 0.5) is 11.4 Å². The van der Waals surface area contributed by atoms with E-state index in [0.717, 1.165) is 11.8 Å². The molecule has 1 fully saturated rings. The van der Waals surface area contributed by atoms with Crippen LogP contribution in [-0.4, -0.2) is 29.1 Å². The average molecular weight is 416 g/mol. The van der Waals surface area contributed by atoms with Crippen molar-refractivity contribution in [1.82, 2.24) is 0 Å². The highest BCUT2D eigenvalue weighted by Gasteiger charge is 2.34. The van der Waals surface area contributed by atoms with Gasteiger partial charge in [-0.1, -0.05) is 24.0 Å². The molecule has 2 aromatic rings. The lowest BCUT2D eigenvalue weighted by molar-refractivity contribution is -0.385. The molecule has 2 aromatic carbocycles. The van der Waals surface area contributed by atoms with Gasteiger partial charge in [-0.3, -0.25) is 19.8 Å². The second-order valence-corrected chi connectivity index (χ2v) is 7.41. The fraction of sp³-hybridized carbons (Fsp3) is 0.111. The van der Waals surface area contributed by atoms with E-state index in [0.29, 0.717) is 27.3 Å². The van der Waals surface area contributed by atoms with E-state index in [-0.39, 0.29) is 28.9 Å². The molecule has 0 unspecified atom stereocenters. The lowest BCUT2D eigenvalue weighted by Gasteiger charge is -2.14. The Morgan fingerprint density at radius 3 is 2.57 bits per heavy atom. The number of thiocarbonyl (C=S) groups is 1. The van der Waals surface area contributed by atoms with Crippen LogP contribution in [0.5, 0.6) is 17.2 Å². The number of nitro benzene ring substituents is 1. The molecule has 0 bridgehead atoms. The molecule has 1 amide bonds. The molecule has 0 saturated carbocycles. The van der Waals surface area contributed by atoms with Gasteiger partial charge in [0.05, 0.1) is 34.3 Å². The lowest BCUT2D eigenvalue weighted by Crippen LogP contribution is -2.27. The van der Waals surface area contributed by atoms with E-state index in [2.05, 4.69) is 0 Å². The summed E-state index contributed by atoms with van der Waals surface area (Å²) in [5.74, 6) is 0.991.